The minimum atomic E-state index is -0.698. The molecule has 0 bridgehead atoms. The van der Waals surface area contributed by atoms with E-state index in [0.717, 1.165) is 5.56 Å². The van der Waals surface area contributed by atoms with Crippen LogP contribution in [0.5, 0.6) is 0 Å². The van der Waals surface area contributed by atoms with Crippen LogP contribution >= 0.6 is 0 Å². The van der Waals surface area contributed by atoms with Crippen molar-refractivity contribution in [3.63, 3.8) is 0 Å². The predicted molar refractivity (Wildman–Crippen MR) is 66.2 cm³/mol. The second-order valence-electron chi connectivity index (χ2n) is 3.77. The fourth-order valence-corrected chi connectivity index (χ4v) is 1.44. The Hall–Kier alpha value is -2.81. The second kappa shape index (κ2) is 5.69. The first-order valence-corrected chi connectivity index (χ1v) is 5.55. The first-order valence-electron chi connectivity index (χ1n) is 5.55. The molecule has 0 aliphatic carbocycles. The molecule has 0 atom stereocenters. The van der Waals surface area contributed by atoms with Crippen molar-refractivity contribution >= 4 is 12.0 Å². The maximum atomic E-state index is 11.5. The number of benzene rings is 1. The number of hydrogen-bond acceptors (Lipinski definition) is 5. The van der Waals surface area contributed by atoms with Crippen LogP contribution in [-0.4, -0.2) is 11.2 Å². The van der Waals surface area contributed by atoms with E-state index >= 15 is 0 Å². The highest BCUT2D eigenvalue weighted by Gasteiger charge is 2.15. The largest absolute Gasteiger partial charge is 0.444 e. The van der Waals surface area contributed by atoms with E-state index in [1.54, 1.807) is 6.92 Å². The number of ether oxygens (including phenoxy) is 1. The molecule has 2 rings (SSSR count). The van der Waals surface area contributed by atoms with Gasteiger partial charge >= 0.3 is 6.09 Å². The fraction of sp³-hybridized carbons (Fsp3) is 0.154. The minimum Gasteiger partial charge on any atom is -0.444 e. The number of nitriles is 1. The molecule has 2 aromatic rings. The van der Waals surface area contributed by atoms with Gasteiger partial charge in [-0.2, -0.15) is 5.26 Å². The molecule has 0 saturated carbocycles. The average Bonchev–Trinajstić information content (AvgIpc) is 2.78. The van der Waals surface area contributed by atoms with Crippen molar-refractivity contribution in [2.24, 2.45) is 0 Å². The third-order valence-electron chi connectivity index (χ3n) is 2.40. The molecule has 0 aliphatic rings. The first kappa shape index (κ1) is 12.6. The van der Waals surface area contributed by atoms with E-state index in [1.807, 2.05) is 36.4 Å². The molecular formula is C13H11N3O3. The molecule has 1 aromatic heterocycles. The molecule has 0 radical (unpaired) electrons. The number of carbonyl (C=O) groups is 1. The monoisotopic (exact) mass is 257 g/mol. The summed E-state index contributed by atoms with van der Waals surface area (Å²) in [6.45, 7) is 1.75. The smallest absolute Gasteiger partial charge is 0.414 e. The van der Waals surface area contributed by atoms with Crippen molar-refractivity contribution in [2.75, 3.05) is 5.32 Å². The van der Waals surface area contributed by atoms with E-state index in [2.05, 4.69) is 10.5 Å². The number of aryl methyl sites for hydroxylation is 1. The number of aromatic nitrogens is 1. The van der Waals surface area contributed by atoms with Crippen LogP contribution in [0, 0.1) is 18.3 Å². The standard InChI is InChI=1S/C13H11N3O3/c1-9-11(7-14)12(19-16-9)15-13(17)18-8-10-5-3-2-4-6-10/h2-6H,8H2,1H3,(H,15,17). The fourth-order valence-electron chi connectivity index (χ4n) is 1.44. The van der Waals surface area contributed by atoms with Gasteiger partial charge in [0, 0.05) is 0 Å². The maximum Gasteiger partial charge on any atom is 0.414 e. The summed E-state index contributed by atoms with van der Waals surface area (Å²) in [6.07, 6.45) is -0.698. The molecule has 0 spiro atoms. The van der Waals surface area contributed by atoms with Crippen LogP contribution in [0.1, 0.15) is 16.8 Å². The van der Waals surface area contributed by atoms with Gasteiger partial charge in [-0.05, 0) is 12.5 Å². The summed E-state index contributed by atoms with van der Waals surface area (Å²) in [7, 11) is 0. The summed E-state index contributed by atoms with van der Waals surface area (Å²) >= 11 is 0. The van der Waals surface area contributed by atoms with Crippen LogP contribution in [0.25, 0.3) is 0 Å². The highest BCUT2D eigenvalue weighted by molar-refractivity contribution is 5.84. The second-order valence-corrected chi connectivity index (χ2v) is 3.77. The van der Waals surface area contributed by atoms with Gasteiger partial charge in [-0.1, -0.05) is 35.5 Å². The number of nitrogens with zero attached hydrogens (tertiary/aromatic N) is 2. The van der Waals surface area contributed by atoms with Gasteiger partial charge in [0.2, 0.25) is 0 Å². The number of nitrogens with one attached hydrogen (secondary N) is 1. The van der Waals surface area contributed by atoms with E-state index in [1.165, 1.54) is 0 Å². The number of carbonyl (C=O) groups excluding carboxylic acids is 1. The van der Waals surface area contributed by atoms with Gasteiger partial charge in [0.25, 0.3) is 5.88 Å². The first-order chi connectivity index (χ1) is 9.20. The van der Waals surface area contributed by atoms with Crippen LogP contribution in [0.3, 0.4) is 0 Å². The van der Waals surface area contributed by atoms with Crippen molar-refractivity contribution in [3.05, 3.63) is 47.2 Å². The lowest BCUT2D eigenvalue weighted by Gasteiger charge is -2.04. The number of rotatable bonds is 3. The molecule has 1 aromatic carbocycles. The quantitative estimate of drug-likeness (QED) is 0.912. The minimum absolute atomic E-state index is 0.00179. The Labute approximate surface area is 109 Å². The van der Waals surface area contributed by atoms with Crippen LogP contribution in [0.15, 0.2) is 34.9 Å². The normalized spacial score (nSPS) is 9.68. The van der Waals surface area contributed by atoms with Crippen LogP contribution in [0.4, 0.5) is 10.7 Å². The van der Waals surface area contributed by atoms with Crippen LogP contribution in [-0.2, 0) is 11.3 Å². The Morgan fingerprint density at radius 1 is 1.47 bits per heavy atom. The molecule has 1 N–H and O–H groups in total. The van der Waals surface area contributed by atoms with Crippen molar-refractivity contribution in [1.82, 2.24) is 5.16 Å². The highest BCUT2D eigenvalue weighted by atomic mass is 16.6. The van der Waals surface area contributed by atoms with E-state index in [-0.39, 0.29) is 18.1 Å². The van der Waals surface area contributed by atoms with E-state index in [9.17, 15) is 4.79 Å². The zero-order valence-electron chi connectivity index (χ0n) is 10.2. The van der Waals surface area contributed by atoms with Gasteiger partial charge in [-0.25, -0.2) is 4.79 Å². The van der Waals surface area contributed by atoms with Gasteiger partial charge in [0.15, 0.2) is 0 Å². The Bertz CT molecular complexity index is 614. The van der Waals surface area contributed by atoms with Gasteiger partial charge in [-0.15, -0.1) is 0 Å². The Balaban J connectivity index is 1.93. The van der Waals surface area contributed by atoms with E-state index in [0.29, 0.717) is 5.69 Å². The summed E-state index contributed by atoms with van der Waals surface area (Å²) in [6, 6.07) is 11.2. The molecular weight excluding hydrogens is 246 g/mol. The summed E-state index contributed by atoms with van der Waals surface area (Å²) in [5, 5.41) is 14.8. The number of anilines is 1. The molecule has 0 fully saturated rings. The molecule has 19 heavy (non-hydrogen) atoms. The Morgan fingerprint density at radius 3 is 2.89 bits per heavy atom. The van der Waals surface area contributed by atoms with Crippen molar-refractivity contribution < 1.29 is 14.1 Å². The van der Waals surface area contributed by atoms with Gasteiger partial charge in [0.1, 0.15) is 23.9 Å². The molecule has 6 nitrogen and oxygen atoms in total. The SMILES string of the molecule is Cc1noc(NC(=O)OCc2ccccc2)c1C#N. The van der Waals surface area contributed by atoms with E-state index in [4.69, 9.17) is 14.5 Å². The molecule has 0 saturated heterocycles. The Kier molecular flexibility index (Phi) is 3.78. The van der Waals surface area contributed by atoms with Gasteiger partial charge in [-0.3, -0.25) is 5.32 Å². The lowest BCUT2D eigenvalue weighted by Crippen LogP contribution is -2.13. The number of amides is 1. The summed E-state index contributed by atoms with van der Waals surface area (Å²) in [4.78, 5) is 11.5. The third-order valence-corrected chi connectivity index (χ3v) is 2.40. The topological polar surface area (TPSA) is 88.2 Å². The predicted octanol–water partition coefficient (Wildman–Crippen LogP) is 2.60. The number of hydrogen-bond donors (Lipinski definition) is 1. The summed E-state index contributed by atoms with van der Waals surface area (Å²) < 4.78 is 9.82. The molecule has 6 heteroatoms. The van der Waals surface area contributed by atoms with Crippen LogP contribution < -0.4 is 5.32 Å². The van der Waals surface area contributed by atoms with Crippen molar-refractivity contribution in [1.29, 1.82) is 5.26 Å². The van der Waals surface area contributed by atoms with Crippen molar-refractivity contribution in [3.8, 4) is 6.07 Å². The van der Waals surface area contributed by atoms with Gasteiger partial charge < -0.3 is 9.26 Å². The summed E-state index contributed by atoms with van der Waals surface area (Å²) in [5.41, 5.74) is 1.48. The summed E-state index contributed by atoms with van der Waals surface area (Å²) in [5.74, 6) is -0.00179. The molecule has 0 unspecified atom stereocenters. The molecule has 1 amide bonds. The third kappa shape index (κ3) is 3.10. The lowest BCUT2D eigenvalue weighted by molar-refractivity contribution is 0.154. The van der Waals surface area contributed by atoms with E-state index < -0.39 is 6.09 Å². The van der Waals surface area contributed by atoms with Crippen LogP contribution in [0.2, 0.25) is 0 Å². The zero-order chi connectivity index (χ0) is 13.7. The maximum absolute atomic E-state index is 11.5. The lowest BCUT2D eigenvalue weighted by atomic mass is 10.2. The average molecular weight is 257 g/mol. The molecule has 0 aliphatic heterocycles. The zero-order valence-corrected chi connectivity index (χ0v) is 10.2. The highest BCUT2D eigenvalue weighted by Crippen LogP contribution is 2.17. The Morgan fingerprint density at radius 2 is 2.21 bits per heavy atom. The van der Waals surface area contributed by atoms with Crippen molar-refractivity contribution in [2.45, 2.75) is 13.5 Å². The van der Waals surface area contributed by atoms with Gasteiger partial charge in [0.05, 0.1) is 0 Å². The molecule has 96 valence electrons. The molecule has 1 heterocycles.